The Hall–Kier alpha value is -2.11. The first kappa shape index (κ1) is 14.9. The number of nitrogens with zero attached hydrogens (tertiary/aromatic N) is 1. The third-order valence-corrected chi connectivity index (χ3v) is 3.21. The number of aromatic carboxylic acids is 1. The van der Waals surface area contributed by atoms with Gasteiger partial charge < -0.3 is 10.4 Å². The first-order chi connectivity index (χ1) is 8.84. The quantitative estimate of drug-likeness (QED) is 0.610. The van der Waals surface area contributed by atoms with E-state index in [9.17, 15) is 14.9 Å². The van der Waals surface area contributed by atoms with Gasteiger partial charge in [0.2, 0.25) is 0 Å². The summed E-state index contributed by atoms with van der Waals surface area (Å²) in [6.45, 7) is 6.59. The van der Waals surface area contributed by atoms with Gasteiger partial charge in [-0.25, -0.2) is 4.79 Å². The molecular formula is C13H18N2O4. The maximum atomic E-state index is 11.1. The van der Waals surface area contributed by atoms with Crippen LogP contribution in [0.4, 0.5) is 11.4 Å². The van der Waals surface area contributed by atoms with Crippen LogP contribution in [-0.4, -0.2) is 22.5 Å². The second-order valence-electron chi connectivity index (χ2n) is 4.86. The number of nitrogens with one attached hydrogen (secondary N) is 1. The van der Waals surface area contributed by atoms with Crippen LogP contribution in [0.5, 0.6) is 0 Å². The molecule has 0 aliphatic carbocycles. The maximum Gasteiger partial charge on any atom is 0.338 e. The lowest BCUT2D eigenvalue weighted by atomic mass is 9.98. The Morgan fingerprint density at radius 2 is 2.05 bits per heavy atom. The fourth-order valence-corrected chi connectivity index (χ4v) is 1.56. The van der Waals surface area contributed by atoms with E-state index in [2.05, 4.69) is 5.32 Å². The van der Waals surface area contributed by atoms with E-state index < -0.39 is 10.9 Å². The van der Waals surface area contributed by atoms with Gasteiger partial charge in [-0.15, -0.1) is 0 Å². The molecule has 0 aliphatic rings. The molecule has 6 heteroatoms. The smallest absolute Gasteiger partial charge is 0.338 e. The summed E-state index contributed by atoms with van der Waals surface area (Å²) in [6, 6.07) is 4.03. The largest absolute Gasteiger partial charge is 0.478 e. The van der Waals surface area contributed by atoms with Crippen LogP contribution in [0.25, 0.3) is 0 Å². The molecule has 0 amide bonds. The Morgan fingerprint density at radius 3 is 2.53 bits per heavy atom. The van der Waals surface area contributed by atoms with Gasteiger partial charge in [0.25, 0.3) is 5.69 Å². The molecule has 0 heterocycles. The molecule has 1 unspecified atom stereocenters. The Bertz CT molecular complexity index is 453. The third-order valence-electron chi connectivity index (χ3n) is 3.21. The molecule has 0 aromatic heterocycles. The number of nitro groups is 1. The van der Waals surface area contributed by atoms with Gasteiger partial charge in [-0.1, -0.05) is 26.8 Å². The van der Waals surface area contributed by atoms with Gasteiger partial charge in [-0.2, -0.15) is 0 Å². The zero-order valence-electron chi connectivity index (χ0n) is 11.2. The van der Waals surface area contributed by atoms with Crippen molar-refractivity contribution in [2.45, 2.75) is 20.8 Å². The van der Waals surface area contributed by atoms with Crippen molar-refractivity contribution in [1.82, 2.24) is 0 Å². The van der Waals surface area contributed by atoms with Crippen LogP contribution in [0.1, 0.15) is 31.1 Å². The normalized spacial score (nSPS) is 12.2. The van der Waals surface area contributed by atoms with Gasteiger partial charge in [-0.3, -0.25) is 10.1 Å². The standard InChI is InChI=1S/C13H18N2O4/c1-8(2)9(3)7-14-12-10(13(16)17)5-4-6-11(12)15(18)19/h4-6,8-9,14H,7H2,1-3H3,(H,16,17). The van der Waals surface area contributed by atoms with Crippen molar-refractivity contribution in [2.24, 2.45) is 11.8 Å². The number of para-hydroxylation sites is 1. The molecule has 0 bridgehead atoms. The zero-order valence-corrected chi connectivity index (χ0v) is 11.2. The van der Waals surface area contributed by atoms with Crippen molar-refractivity contribution in [2.75, 3.05) is 11.9 Å². The molecule has 104 valence electrons. The van der Waals surface area contributed by atoms with Crippen molar-refractivity contribution in [3.05, 3.63) is 33.9 Å². The molecule has 1 aromatic carbocycles. The van der Waals surface area contributed by atoms with Crippen molar-refractivity contribution in [1.29, 1.82) is 0 Å². The highest BCUT2D eigenvalue weighted by Crippen LogP contribution is 2.28. The molecule has 1 rings (SSSR count). The minimum atomic E-state index is -1.18. The summed E-state index contributed by atoms with van der Waals surface area (Å²) in [4.78, 5) is 21.5. The molecule has 1 aromatic rings. The van der Waals surface area contributed by atoms with E-state index in [0.717, 1.165) is 0 Å². The van der Waals surface area contributed by atoms with E-state index in [1.807, 2.05) is 20.8 Å². The summed E-state index contributed by atoms with van der Waals surface area (Å²) in [5, 5.41) is 22.9. The summed E-state index contributed by atoms with van der Waals surface area (Å²) < 4.78 is 0. The molecule has 19 heavy (non-hydrogen) atoms. The van der Waals surface area contributed by atoms with Crippen molar-refractivity contribution >= 4 is 17.3 Å². The number of benzene rings is 1. The predicted octanol–water partition coefficient (Wildman–Crippen LogP) is 3.00. The first-order valence-corrected chi connectivity index (χ1v) is 6.09. The summed E-state index contributed by atoms with van der Waals surface area (Å²) in [7, 11) is 0. The predicted molar refractivity (Wildman–Crippen MR) is 72.5 cm³/mol. The fourth-order valence-electron chi connectivity index (χ4n) is 1.56. The monoisotopic (exact) mass is 266 g/mol. The van der Waals surface area contributed by atoms with Crippen LogP contribution >= 0.6 is 0 Å². The van der Waals surface area contributed by atoms with Gasteiger partial charge in [0.1, 0.15) is 5.69 Å². The van der Waals surface area contributed by atoms with Gasteiger partial charge in [0.05, 0.1) is 10.5 Å². The lowest BCUT2D eigenvalue weighted by Crippen LogP contribution is -2.18. The molecule has 0 aliphatic heterocycles. The average molecular weight is 266 g/mol. The SMILES string of the molecule is CC(C)C(C)CNc1c(C(=O)O)cccc1[N+](=O)[O-]. The number of carboxylic acid groups (broad SMARTS) is 1. The van der Waals surface area contributed by atoms with E-state index in [0.29, 0.717) is 12.5 Å². The van der Waals surface area contributed by atoms with Gasteiger partial charge in [0.15, 0.2) is 0 Å². The van der Waals surface area contributed by atoms with E-state index in [-0.39, 0.29) is 22.9 Å². The number of rotatable bonds is 6. The molecule has 1 atom stereocenters. The topological polar surface area (TPSA) is 92.5 Å². The Kier molecular flexibility index (Phi) is 4.86. The first-order valence-electron chi connectivity index (χ1n) is 6.09. The lowest BCUT2D eigenvalue weighted by molar-refractivity contribution is -0.384. The Balaban J connectivity index is 3.08. The molecule has 0 spiro atoms. The summed E-state index contributed by atoms with van der Waals surface area (Å²) >= 11 is 0. The maximum absolute atomic E-state index is 11.1. The number of carboxylic acids is 1. The van der Waals surface area contributed by atoms with Crippen LogP contribution in [0, 0.1) is 22.0 Å². The van der Waals surface area contributed by atoms with Crippen LogP contribution in [0.2, 0.25) is 0 Å². The molecule has 0 fully saturated rings. The van der Waals surface area contributed by atoms with Crippen molar-refractivity contribution in [3.63, 3.8) is 0 Å². The lowest BCUT2D eigenvalue weighted by Gasteiger charge is -2.17. The number of hydrogen-bond donors (Lipinski definition) is 2. The van der Waals surface area contributed by atoms with E-state index in [1.165, 1.54) is 18.2 Å². The van der Waals surface area contributed by atoms with E-state index >= 15 is 0 Å². The molecule has 0 radical (unpaired) electrons. The summed E-state index contributed by atoms with van der Waals surface area (Å²) in [6.07, 6.45) is 0. The number of nitro benzene ring substituents is 1. The van der Waals surface area contributed by atoms with Crippen molar-refractivity contribution in [3.8, 4) is 0 Å². The molecule has 2 N–H and O–H groups in total. The zero-order chi connectivity index (χ0) is 14.6. The summed E-state index contributed by atoms with van der Waals surface area (Å²) in [5.74, 6) is -0.492. The molecule has 0 saturated carbocycles. The van der Waals surface area contributed by atoms with Crippen molar-refractivity contribution < 1.29 is 14.8 Å². The minimum Gasteiger partial charge on any atom is -0.478 e. The highest BCUT2D eigenvalue weighted by Gasteiger charge is 2.21. The van der Waals surface area contributed by atoms with E-state index in [1.54, 1.807) is 0 Å². The second kappa shape index (κ2) is 6.17. The fraction of sp³-hybridized carbons (Fsp3) is 0.462. The average Bonchev–Trinajstić information content (AvgIpc) is 2.34. The van der Waals surface area contributed by atoms with E-state index in [4.69, 9.17) is 5.11 Å². The van der Waals surface area contributed by atoms with Crippen LogP contribution in [0.3, 0.4) is 0 Å². The third kappa shape index (κ3) is 3.67. The Morgan fingerprint density at radius 1 is 1.42 bits per heavy atom. The molecule has 0 saturated heterocycles. The highest BCUT2D eigenvalue weighted by molar-refractivity contribution is 5.96. The van der Waals surface area contributed by atoms with Crippen LogP contribution < -0.4 is 5.32 Å². The van der Waals surface area contributed by atoms with Crippen LogP contribution in [-0.2, 0) is 0 Å². The number of carbonyl (C=O) groups is 1. The number of anilines is 1. The van der Waals surface area contributed by atoms with Gasteiger partial charge in [-0.05, 0) is 17.9 Å². The second-order valence-corrected chi connectivity index (χ2v) is 4.86. The highest BCUT2D eigenvalue weighted by atomic mass is 16.6. The van der Waals surface area contributed by atoms with Gasteiger partial charge >= 0.3 is 5.97 Å². The van der Waals surface area contributed by atoms with Gasteiger partial charge in [0, 0.05) is 12.6 Å². The minimum absolute atomic E-state index is 0.0764. The molecule has 6 nitrogen and oxygen atoms in total. The molecular weight excluding hydrogens is 248 g/mol. The summed E-state index contributed by atoms with van der Waals surface area (Å²) in [5.41, 5.74) is -0.214. The van der Waals surface area contributed by atoms with Crippen LogP contribution in [0.15, 0.2) is 18.2 Å². The Labute approximate surface area is 111 Å². The number of hydrogen-bond acceptors (Lipinski definition) is 4.